The highest BCUT2D eigenvalue weighted by atomic mass is 16.7. The topological polar surface area (TPSA) is 114 Å². The molecule has 0 unspecified atom stereocenters. The monoisotopic (exact) mass is 438 g/mol. The highest BCUT2D eigenvalue weighted by molar-refractivity contribution is 6.05. The van der Waals surface area contributed by atoms with Crippen LogP contribution in [0.3, 0.4) is 0 Å². The zero-order valence-electron chi connectivity index (χ0n) is 17.9. The molecule has 168 valence electrons. The Balaban J connectivity index is 1.36. The Morgan fingerprint density at radius 2 is 1.69 bits per heavy atom. The van der Waals surface area contributed by atoms with Crippen molar-refractivity contribution in [3.63, 3.8) is 0 Å². The van der Waals surface area contributed by atoms with Gasteiger partial charge < -0.3 is 20.5 Å². The summed E-state index contributed by atoms with van der Waals surface area (Å²) in [4.78, 5) is 40.8. The summed E-state index contributed by atoms with van der Waals surface area (Å²) in [5.74, 6) is 0.200. The van der Waals surface area contributed by atoms with Crippen LogP contribution in [0.1, 0.15) is 28.9 Å². The molecule has 0 bridgehead atoms. The molecule has 0 saturated carbocycles. The number of ether oxygens (including phenoxy) is 2. The molecule has 4 rings (SSSR count). The van der Waals surface area contributed by atoms with E-state index in [0.29, 0.717) is 48.9 Å². The van der Waals surface area contributed by atoms with Crippen LogP contribution in [0.2, 0.25) is 0 Å². The number of nitrogens with zero attached hydrogens (tertiary/aromatic N) is 2. The average molecular weight is 438 g/mol. The van der Waals surface area contributed by atoms with Crippen molar-refractivity contribution in [2.45, 2.75) is 13.0 Å². The molecule has 0 spiro atoms. The number of ketones is 1. The van der Waals surface area contributed by atoms with Crippen LogP contribution in [0.15, 0.2) is 42.5 Å². The van der Waals surface area contributed by atoms with E-state index in [1.807, 2.05) is 40.1 Å². The predicted octanol–water partition coefficient (Wildman–Crippen LogP) is 1.40. The molecule has 0 aliphatic carbocycles. The largest absolute Gasteiger partial charge is 0.454 e. The molecule has 1 atom stereocenters. The first-order chi connectivity index (χ1) is 15.4. The minimum absolute atomic E-state index is 0.0869. The number of fused-ring (bicyclic) bond motifs is 1. The lowest BCUT2D eigenvalue weighted by Crippen LogP contribution is -2.51. The molecule has 1 saturated heterocycles. The van der Waals surface area contributed by atoms with Gasteiger partial charge in [-0.05, 0) is 18.6 Å². The zero-order valence-corrected chi connectivity index (χ0v) is 17.9. The molecule has 2 heterocycles. The lowest BCUT2D eigenvalue weighted by molar-refractivity contribution is -0.125. The number of nitrogens with one attached hydrogen (secondary N) is 1. The lowest BCUT2D eigenvalue weighted by Gasteiger charge is -2.38. The molecule has 2 aromatic carbocycles. The molecule has 2 aromatic rings. The number of nitrogens with two attached hydrogens (primary N) is 1. The fraction of sp³-hybridized carbons (Fsp3) is 0.348. The van der Waals surface area contributed by atoms with Crippen LogP contribution < -0.4 is 20.5 Å². The van der Waals surface area contributed by atoms with E-state index in [9.17, 15) is 14.4 Å². The summed E-state index contributed by atoms with van der Waals surface area (Å²) in [5.41, 5.74) is 7.32. The van der Waals surface area contributed by atoms with Gasteiger partial charge in [0.25, 0.3) is 0 Å². The van der Waals surface area contributed by atoms with Crippen LogP contribution in [0.4, 0.5) is 5.69 Å². The summed E-state index contributed by atoms with van der Waals surface area (Å²) < 4.78 is 10.7. The van der Waals surface area contributed by atoms with Gasteiger partial charge in [-0.1, -0.05) is 30.3 Å². The molecule has 1 fully saturated rings. The second kappa shape index (κ2) is 9.37. The maximum atomic E-state index is 12.7. The van der Waals surface area contributed by atoms with Gasteiger partial charge >= 0.3 is 0 Å². The fourth-order valence-corrected chi connectivity index (χ4v) is 4.10. The van der Waals surface area contributed by atoms with E-state index >= 15 is 0 Å². The Kier molecular flexibility index (Phi) is 6.38. The van der Waals surface area contributed by atoms with Crippen LogP contribution >= 0.6 is 0 Å². The third-order valence-corrected chi connectivity index (χ3v) is 5.69. The molecule has 0 aromatic heterocycles. The lowest BCUT2D eigenvalue weighted by atomic mass is 10.0. The van der Waals surface area contributed by atoms with Crippen molar-refractivity contribution >= 4 is 23.3 Å². The molecule has 32 heavy (non-hydrogen) atoms. The van der Waals surface area contributed by atoms with Crippen molar-refractivity contribution < 1.29 is 23.9 Å². The molecule has 0 radical (unpaired) electrons. The number of piperazine rings is 1. The van der Waals surface area contributed by atoms with Gasteiger partial charge in [0, 0.05) is 37.8 Å². The summed E-state index contributed by atoms with van der Waals surface area (Å²) in [6.07, 6.45) is 0. The number of anilines is 1. The first-order valence-corrected chi connectivity index (χ1v) is 10.5. The molecular formula is C23H26N4O5. The van der Waals surface area contributed by atoms with E-state index in [4.69, 9.17) is 15.2 Å². The van der Waals surface area contributed by atoms with E-state index in [0.717, 1.165) is 5.56 Å². The summed E-state index contributed by atoms with van der Waals surface area (Å²) in [6, 6.07) is 12.2. The molecule has 2 aliphatic rings. The number of hydrogen-bond donors (Lipinski definition) is 2. The van der Waals surface area contributed by atoms with Crippen molar-refractivity contribution in [3.8, 4) is 11.5 Å². The number of amides is 2. The van der Waals surface area contributed by atoms with Crippen molar-refractivity contribution in [2.24, 2.45) is 5.73 Å². The van der Waals surface area contributed by atoms with Crippen LogP contribution in [0, 0.1) is 0 Å². The molecular weight excluding hydrogens is 412 g/mol. The molecule has 2 aliphatic heterocycles. The fourth-order valence-electron chi connectivity index (χ4n) is 4.10. The van der Waals surface area contributed by atoms with E-state index in [1.54, 1.807) is 12.1 Å². The Hall–Kier alpha value is -3.43. The maximum Gasteiger partial charge on any atom is 0.239 e. The third kappa shape index (κ3) is 4.74. The van der Waals surface area contributed by atoms with Crippen LogP contribution in [0.5, 0.6) is 11.5 Å². The number of carbonyl (C=O) groups is 3. The van der Waals surface area contributed by atoms with Gasteiger partial charge in [-0.15, -0.1) is 0 Å². The van der Waals surface area contributed by atoms with Gasteiger partial charge in [0.2, 0.25) is 18.6 Å². The number of Topliss-reactive ketones (excluding diaryl/α,β-unsaturated/α-hetero) is 1. The Bertz CT molecular complexity index is 1020. The predicted molar refractivity (Wildman–Crippen MR) is 118 cm³/mol. The van der Waals surface area contributed by atoms with Crippen molar-refractivity contribution in [1.29, 1.82) is 0 Å². The number of carbonyl (C=O) groups excluding carboxylic acids is 3. The SMILES string of the molecule is CC(=O)c1cc2c(cc1NC(=O)CN1CCN([C@H](C(N)=O)c3ccccc3)CC1)OCO2. The van der Waals surface area contributed by atoms with Gasteiger partial charge in [0.1, 0.15) is 6.04 Å². The first kappa shape index (κ1) is 21.8. The van der Waals surface area contributed by atoms with E-state index < -0.39 is 6.04 Å². The quantitative estimate of drug-likeness (QED) is 0.628. The summed E-state index contributed by atoms with van der Waals surface area (Å²) in [7, 11) is 0. The Labute approximate surface area is 186 Å². The summed E-state index contributed by atoms with van der Waals surface area (Å²) in [5, 5.41) is 2.82. The van der Waals surface area contributed by atoms with Gasteiger partial charge in [-0.3, -0.25) is 24.2 Å². The van der Waals surface area contributed by atoms with Gasteiger partial charge in [-0.2, -0.15) is 0 Å². The maximum absolute atomic E-state index is 12.7. The smallest absolute Gasteiger partial charge is 0.239 e. The molecule has 3 N–H and O–H groups in total. The second-order valence-corrected chi connectivity index (χ2v) is 7.88. The normalized spacial score (nSPS) is 17.0. The summed E-state index contributed by atoms with van der Waals surface area (Å²) in [6.45, 7) is 4.15. The minimum Gasteiger partial charge on any atom is -0.454 e. The zero-order chi connectivity index (χ0) is 22.7. The van der Waals surface area contributed by atoms with Crippen LogP contribution in [-0.2, 0) is 9.59 Å². The third-order valence-electron chi connectivity index (χ3n) is 5.69. The van der Waals surface area contributed by atoms with Crippen LogP contribution in [-0.4, -0.2) is 66.9 Å². The highest BCUT2D eigenvalue weighted by Crippen LogP contribution is 2.37. The number of benzene rings is 2. The standard InChI is InChI=1S/C23H26N4O5/c1-15(28)17-11-19-20(32-14-31-19)12-18(17)25-21(29)13-26-7-9-27(10-8-26)22(23(24)30)16-5-3-2-4-6-16/h2-6,11-12,22H,7-10,13-14H2,1H3,(H2,24,30)(H,25,29)/t22-/m0/s1. The van der Waals surface area contributed by atoms with Crippen molar-refractivity contribution in [3.05, 3.63) is 53.6 Å². The van der Waals surface area contributed by atoms with Crippen molar-refractivity contribution in [1.82, 2.24) is 9.80 Å². The average Bonchev–Trinajstić information content (AvgIpc) is 3.22. The number of hydrogen-bond acceptors (Lipinski definition) is 7. The summed E-state index contributed by atoms with van der Waals surface area (Å²) >= 11 is 0. The number of primary amides is 1. The first-order valence-electron chi connectivity index (χ1n) is 10.5. The van der Waals surface area contributed by atoms with Gasteiger partial charge in [0.05, 0.1) is 12.2 Å². The minimum atomic E-state index is -0.487. The molecule has 9 nitrogen and oxygen atoms in total. The van der Waals surface area contributed by atoms with E-state index in [-0.39, 0.29) is 30.9 Å². The van der Waals surface area contributed by atoms with E-state index in [1.165, 1.54) is 6.92 Å². The van der Waals surface area contributed by atoms with Crippen molar-refractivity contribution in [2.75, 3.05) is 44.8 Å². The molecule has 9 heteroatoms. The molecule has 2 amide bonds. The van der Waals surface area contributed by atoms with Gasteiger partial charge in [-0.25, -0.2) is 0 Å². The van der Waals surface area contributed by atoms with Gasteiger partial charge in [0.15, 0.2) is 17.3 Å². The Morgan fingerprint density at radius 3 is 2.31 bits per heavy atom. The second-order valence-electron chi connectivity index (χ2n) is 7.88. The Morgan fingerprint density at radius 1 is 1.03 bits per heavy atom. The number of rotatable bonds is 7. The van der Waals surface area contributed by atoms with Crippen LogP contribution in [0.25, 0.3) is 0 Å². The van der Waals surface area contributed by atoms with E-state index in [2.05, 4.69) is 5.32 Å². The highest BCUT2D eigenvalue weighted by Gasteiger charge is 2.29.